The second-order valence-corrected chi connectivity index (χ2v) is 6.47. The van der Waals surface area contributed by atoms with Crippen LogP contribution in [0.25, 0.3) is 11.0 Å². The van der Waals surface area contributed by atoms with Crippen LogP contribution in [0.15, 0.2) is 33.5 Å². The fourth-order valence-corrected chi connectivity index (χ4v) is 3.31. The van der Waals surface area contributed by atoms with Gasteiger partial charge in [0, 0.05) is 43.2 Å². The fraction of sp³-hybridized carbons (Fsp3) is 0.444. The van der Waals surface area contributed by atoms with Crippen LogP contribution in [-0.4, -0.2) is 23.9 Å². The van der Waals surface area contributed by atoms with Gasteiger partial charge in [-0.05, 0) is 43.0 Å². The second kappa shape index (κ2) is 6.54. The minimum absolute atomic E-state index is 0.148. The van der Waals surface area contributed by atoms with E-state index in [1.165, 1.54) is 19.8 Å². The van der Waals surface area contributed by atoms with Crippen LogP contribution in [0.4, 0.5) is 5.69 Å². The third kappa shape index (κ3) is 3.79. The SMILES string of the molecule is CC(=O)Nc1ccc2c(CN3CCCC(C)C3)cc(=O)oc2c1. The summed E-state index contributed by atoms with van der Waals surface area (Å²) in [5.41, 5.74) is 1.79. The number of fused-ring (bicyclic) bond motifs is 1. The zero-order chi connectivity index (χ0) is 16.4. The Labute approximate surface area is 135 Å². The molecular formula is C18H22N2O3. The molecule has 23 heavy (non-hydrogen) atoms. The Bertz CT molecular complexity index is 781. The Kier molecular flexibility index (Phi) is 4.48. The van der Waals surface area contributed by atoms with Crippen molar-refractivity contribution in [2.24, 2.45) is 5.92 Å². The van der Waals surface area contributed by atoms with E-state index in [0.717, 1.165) is 30.6 Å². The highest BCUT2D eigenvalue weighted by Gasteiger charge is 2.18. The number of carbonyl (C=O) groups excluding carboxylic acids is 1. The largest absolute Gasteiger partial charge is 0.423 e. The number of amides is 1. The maximum atomic E-state index is 11.9. The van der Waals surface area contributed by atoms with E-state index < -0.39 is 0 Å². The van der Waals surface area contributed by atoms with Crippen molar-refractivity contribution in [1.82, 2.24) is 4.90 Å². The van der Waals surface area contributed by atoms with Crippen LogP contribution in [0.3, 0.4) is 0 Å². The van der Waals surface area contributed by atoms with Crippen LogP contribution in [0.1, 0.15) is 32.3 Å². The molecule has 1 saturated heterocycles. The number of anilines is 1. The summed E-state index contributed by atoms with van der Waals surface area (Å²) in [5.74, 6) is 0.548. The van der Waals surface area contributed by atoms with Crippen LogP contribution in [0.2, 0.25) is 0 Å². The summed E-state index contributed by atoms with van der Waals surface area (Å²) in [4.78, 5) is 25.4. The molecule has 122 valence electrons. The van der Waals surface area contributed by atoms with Crippen molar-refractivity contribution in [2.75, 3.05) is 18.4 Å². The molecule has 1 N–H and O–H groups in total. The summed E-state index contributed by atoms with van der Waals surface area (Å²) in [6.07, 6.45) is 2.47. The van der Waals surface area contributed by atoms with Gasteiger partial charge in [0.1, 0.15) is 5.58 Å². The lowest BCUT2D eigenvalue weighted by Gasteiger charge is -2.31. The maximum absolute atomic E-state index is 11.9. The van der Waals surface area contributed by atoms with Crippen LogP contribution < -0.4 is 10.9 Å². The highest BCUT2D eigenvalue weighted by atomic mass is 16.4. The van der Waals surface area contributed by atoms with Crippen molar-refractivity contribution >= 4 is 22.6 Å². The molecule has 1 aliphatic heterocycles. The van der Waals surface area contributed by atoms with Crippen LogP contribution in [0, 0.1) is 5.92 Å². The molecule has 5 heteroatoms. The van der Waals surface area contributed by atoms with Crippen molar-refractivity contribution in [2.45, 2.75) is 33.2 Å². The quantitative estimate of drug-likeness (QED) is 0.885. The van der Waals surface area contributed by atoms with Gasteiger partial charge in [-0.1, -0.05) is 6.92 Å². The molecule has 1 amide bonds. The second-order valence-electron chi connectivity index (χ2n) is 6.47. The Morgan fingerprint density at radius 2 is 2.22 bits per heavy atom. The molecule has 1 fully saturated rings. The van der Waals surface area contributed by atoms with E-state index in [1.54, 1.807) is 12.1 Å². The third-order valence-electron chi connectivity index (χ3n) is 4.29. The average Bonchev–Trinajstić information content (AvgIpc) is 2.46. The van der Waals surface area contributed by atoms with Crippen LogP contribution >= 0.6 is 0 Å². The van der Waals surface area contributed by atoms with E-state index in [9.17, 15) is 9.59 Å². The molecule has 0 saturated carbocycles. The molecule has 0 spiro atoms. The van der Waals surface area contributed by atoms with Gasteiger partial charge in [0.05, 0.1) is 0 Å². The molecule has 1 aromatic carbocycles. The highest BCUT2D eigenvalue weighted by molar-refractivity contribution is 5.92. The highest BCUT2D eigenvalue weighted by Crippen LogP contribution is 2.24. The van der Waals surface area contributed by atoms with E-state index >= 15 is 0 Å². The van der Waals surface area contributed by atoms with Crippen molar-refractivity contribution in [3.05, 3.63) is 40.2 Å². The first-order valence-corrected chi connectivity index (χ1v) is 8.08. The Morgan fingerprint density at radius 1 is 1.39 bits per heavy atom. The van der Waals surface area contributed by atoms with E-state index in [2.05, 4.69) is 17.1 Å². The molecular weight excluding hydrogens is 292 g/mol. The van der Waals surface area contributed by atoms with E-state index in [-0.39, 0.29) is 11.5 Å². The van der Waals surface area contributed by atoms with Crippen molar-refractivity contribution in [1.29, 1.82) is 0 Å². The molecule has 0 bridgehead atoms. The lowest BCUT2D eigenvalue weighted by atomic mass is 9.99. The van der Waals surface area contributed by atoms with Gasteiger partial charge < -0.3 is 9.73 Å². The molecule has 1 aromatic heterocycles. The predicted molar refractivity (Wildman–Crippen MR) is 90.5 cm³/mol. The van der Waals surface area contributed by atoms with Gasteiger partial charge in [-0.3, -0.25) is 9.69 Å². The summed E-state index contributed by atoms with van der Waals surface area (Å²) < 4.78 is 5.31. The summed E-state index contributed by atoms with van der Waals surface area (Å²) in [5, 5.41) is 3.64. The summed E-state index contributed by atoms with van der Waals surface area (Å²) in [7, 11) is 0. The molecule has 2 heterocycles. The summed E-state index contributed by atoms with van der Waals surface area (Å²) >= 11 is 0. The zero-order valence-corrected chi connectivity index (χ0v) is 13.6. The maximum Gasteiger partial charge on any atom is 0.336 e. The summed E-state index contributed by atoms with van der Waals surface area (Å²) in [6.45, 7) is 6.60. The van der Waals surface area contributed by atoms with Crippen molar-refractivity contribution in [3.63, 3.8) is 0 Å². The lowest BCUT2D eigenvalue weighted by molar-refractivity contribution is -0.114. The van der Waals surface area contributed by atoms with Gasteiger partial charge in [0.15, 0.2) is 0 Å². The molecule has 3 rings (SSSR count). The number of hydrogen-bond donors (Lipinski definition) is 1. The molecule has 5 nitrogen and oxygen atoms in total. The minimum Gasteiger partial charge on any atom is -0.423 e. The molecule has 0 radical (unpaired) electrons. The zero-order valence-electron chi connectivity index (χ0n) is 13.6. The number of carbonyl (C=O) groups is 1. The number of rotatable bonds is 3. The lowest BCUT2D eigenvalue weighted by Crippen LogP contribution is -2.34. The molecule has 1 unspecified atom stereocenters. The standard InChI is InChI=1S/C18H22N2O3/c1-12-4-3-7-20(10-12)11-14-8-18(22)23-17-9-15(19-13(2)21)5-6-16(14)17/h5-6,8-9,12H,3-4,7,10-11H2,1-2H3,(H,19,21). The predicted octanol–water partition coefficient (Wildman–Crippen LogP) is 2.98. The van der Waals surface area contributed by atoms with Crippen molar-refractivity contribution in [3.8, 4) is 0 Å². The topological polar surface area (TPSA) is 62.6 Å². The summed E-state index contributed by atoms with van der Waals surface area (Å²) in [6, 6.07) is 7.04. The van der Waals surface area contributed by atoms with E-state index in [4.69, 9.17) is 4.42 Å². The minimum atomic E-state index is -0.350. The molecule has 2 aromatic rings. The smallest absolute Gasteiger partial charge is 0.336 e. The van der Waals surface area contributed by atoms with Gasteiger partial charge >= 0.3 is 5.63 Å². The van der Waals surface area contributed by atoms with Crippen molar-refractivity contribution < 1.29 is 9.21 Å². The Morgan fingerprint density at radius 3 is 2.96 bits per heavy atom. The number of hydrogen-bond acceptors (Lipinski definition) is 4. The number of likely N-dealkylation sites (tertiary alicyclic amines) is 1. The van der Waals surface area contributed by atoms with Gasteiger partial charge in [-0.2, -0.15) is 0 Å². The Balaban J connectivity index is 1.93. The van der Waals surface area contributed by atoms with Gasteiger partial charge in [-0.15, -0.1) is 0 Å². The van der Waals surface area contributed by atoms with Gasteiger partial charge in [0.25, 0.3) is 0 Å². The normalized spacial score (nSPS) is 19.0. The number of piperidine rings is 1. The van der Waals surface area contributed by atoms with Gasteiger partial charge in [0.2, 0.25) is 5.91 Å². The first-order chi connectivity index (χ1) is 11.0. The first-order valence-electron chi connectivity index (χ1n) is 8.08. The van der Waals surface area contributed by atoms with Crippen LogP contribution in [-0.2, 0) is 11.3 Å². The first kappa shape index (κ1) is 15.7. The number of benzene rings is 1. The number of nitrogens with one attached hydrogen (secondary N) is 1. The van der Waals surface area contributed by atoms with E-state index in [1.807, 2.05) is 12.1 Å². The number of nitrogens with zero attached hydrogens (tertiary/aromatic N) is 1. The molecule has 0 aliphatic carbocycles. The molecule has 1 atom stereocenters. The van der Waals surface area contributed by atoms with Gasteiger partial charge in [-0.25, -0.2) is 4.79 Å². The molecule has 1 aliphatic rings. The van der Waals surface area contributed by atoms with Crippen LogP contribution in [0.5, 0.6) is 0 Å². The third-order valence-corrected chi connectivity index (χ3v) is 4.29. The van der Waals surface area contributed by atoms with E-state index in [0.29, 0.717) is 17.2 Å². The Hall–Kier alpha value is -2.14. The fourth-order valence-electron chi connectivity index (χ4n) is 3.31. The monoisotopic (exact) mass is 314 g/mol. The average molecular weight is 314 g/mol.